The third kappa shape index (κ3) is 2.60. The van der Waals surface area contributed by atoms with E-state index in [1.807, 2.05) is 42.0 Å². The predicted molar refractivity (Wildman–Crippen MR) is 78.5 cm³/mol. The average Bonchev–Trinajstić information content (AvgIpc) is 3.13. The van der Waals surface area contributed by atoms with Gasteiger partial charge in [-0.2, -0.15) is 0 Å². The highest BCUT2D eigenvalue weighted by molar-refractivity contribution is 5.92. The van der Waals surface area contributed by atoms with Crippen LogP contribution in [0.3, 0.4) is 0 Å². The van der Waals surface area contributed by atoms with Crippen LogP contribution < -0.4 is 5.32 Å². The van der Waals surface area contributed by atoms with E-state index >= 15 is 0 Å². The minimum atomic E-state index is -0.309. The molecular formula is C15H15N5O2. The number of amides is 1. The van der Waals surface area contributed by atoms with Crippen LogP contribution in [0.4, 0.5) is 0 Å². The van der Waals surface area contributed by atoms with Crippen molar-refractivity contribution < 1.29 is 9.42 Å². The summed E-state index contributed by atoms with van der Waals surface area (Å²) in [7, 11) is 0. The van der Waals surface area contributed by atoms with Crippen molar-refractivity contribution in [3.05, 3.63) is 59.4 Å². The fourth-order valence-corrected chi connectivity index (χ4v) is 2.22. The second kappa shape index (κ2) is 5.80. The van der Waals surface area contributed by atoms with Crippen LogP contribution in [0, 0.1) is 13.8 Å². The van der Waals surface area contributed by atoms with E-state index in [0.29, 0.717) is 12.2 Å². The first-order chi connectivity index (χ1) is 10.7. The topological polar surface area (TPSA) is 85.8 Å². The normalized spacial score (nSPS) is 10.6. The summed E-state index contributed by atoms with van der Waals surface area (Å²) in [6.45, 7) is 3.98. The van der Waals surface area contributed by atoms with Gasteiger partial charge in [0.05, 0.1) is 5.69 Å². The lowest BCUT2D eigenvalue weighted by atomic mass is 10.1. The van der Waals surface area contributed by atoms with Crippen molar-refractivity contribution in [1.82, 2.24) is 25.2 Å². The van der Waals surface area contributed by atoms with Gasteiger partial charge in [0, 0.05) is 18.9 Å². The van der Waals surface area contributed by atoms with E-state index in [0.717, 1.165) is 17.1 Å². The van der Waals surface area contributed by atoms with E-state index in [9.17, 15) is 4.79 Å². The van der Waals surface area contributed by atoms with Crippen molar-refractivity contribution in [2.75, 3.05) is 0 Å². The monoisotopic (exact) mass is 297 g/mol. The van der Waals surface area contributed by atoms with Crippen molar-refractivity contribution in [1.29, 1.82) is 0 Å². The van der Waals surface area contributed by atoms with E-state index in [1.54, 1.807) is 13.1 Å². The number of hydrogen-bond acceptors (Lipinski definition) is 5. The molecule has 0 aliphatic rings. The molecule has 0 unspecified atom stereocenters. The van der Waals surface area contributed by atoms with E-state index in [4.69, 9.17) is 0 Å². The summed E-state index contributed by atoms with van der Waals surface area (Å²) < 4.78 is 6.52. The lowest BCUT2D eigenvalue weighted by Crippen LogP contribution is -2.24. The van der Waals surface area contributed by atoms with Gasteiger partial charge in [-0.3, -0.25) is 4.79 Å². The number of imidazole rings is 1. The molecule has 0 aliphatic heterocycles. The molecule has 0 radical (unpaired) electrons. The van der Waals surface area contributed by atoms with Crippen LogP contribution in [0.1, 0.15) is 27.6 Å². The largest absolute Gasteiger partial charge is 0.346 e. The number of aromatic nitrogens is 4. The molecule has 2 heterocycles. The zero-order valence-corrected chi connectivity index (χ0v) is 12.3. The maximum atomic E-state index is 12.1. The van der Waals surface area contributed by atoms with Crippen LogP contribution in [0.2, 0.25) is 0 Å². The van der Waals surface area contributed by atoms with Crippen LogP contribution in [0.5, 0.6) is 0 Å². The molecule has 7 heteroatoms. The molecule has 0 fully saturated rings. The number of nitrogens with one attached hydrogen (secondary N) is 1. The van der Waals surface area contributed by atoms with E-state index in [-0.39, 0.29) is 11.6 Å². The number of para-hydroxylation sites is 1. The number of aryl methyl sites for hydroxylation is 2. The first-order valence-electron chi connectivity index (χ1n) is 6.82. The molecule has 0 atom stereocenters. The van der Waals surface area contributed by atoms with Gasteiger partial charge in [-0.25, -0.2) is 9.61 Å². The maximum Gasteiger partial charge on any atom is 0.275 e. The minimum absolute atomic E-state index is 0.205. The maximum absolute atomic E-state index is 12.1. The Morgan fingerprint density at radius 3 is 2.77 bits per heavy atom. The van der Waals surface area contributed by atoms with Gasteiger partial charge in [0.2, 0.25) is 0 Å². The van der Waals surface area contributed by atoms with Gasteiger partial charge < -0.3 is 9.88 Å². The van der Waals surface area contributed by atoms with Crippen LogP contribution in [0.25, 0.3) is 5.69 Å². The van der Waals surface area contributed by atoms with Gasteiger partial charge in [-0.15, -0.1) is 0 Å². The SMILES string of the molecule is Cc1nonc1C(=O)NCc1ccccc1-n1ccnc1C. The number of nitrogens with zero attached hydrogens (tertiary/aromatic N) is 4. The quantitative estimate of drug-likeness (QED) is 0.793. The van der Waals surface area contributed by atoms with Gasteiger partial charge in [-0.1, -0.05) is 23.4 Å². The smallest absolute Gasteiger partial charge is 0.275 e. The summed E-state index contributed by atoms with van der Waals surface area (Å²) in [5, 5.41) is 10.0. The summed E-state index contributed by atoms with van der Waals surface area (Å²) in [5.74, 6) is 0.575. The Morgan fingerprint density at radius 1 is 1.27 bits per heavy atom. The van der Waals surface area contributed by atoms with Gasteiger partial charge in [0.1, 0.15) is 11.5 Å². The molecule has 0 spiro atoms. The fraction of sp³-hybridized carbons (Fsp3) is 0.200. The first kappa shape index (κ1) is 14.0. The second-order valence-corrected chi connectivity index (χ2v) is 4.85. The molecule has 0 aliphatic carbocycles. The van der Waals surface area contributed by atoms with Gasteiger partial charge in [-0.05, 0) is 30.6 Å². The molecule has 1 amide bonds. The molecule has 3 aromatic rings. The average molecular weight is 297 g/mol. The Kier molecular flexibility index (Phi) is 3.69. The highest BCUT2D eigenvalue weighted by atomic mass is 16.6. The van der Waals surface area contributed by atoms with Crippen molar-refractivity contribution >= 4 is 5.91 Å². The molecule has 0 saturated heterocycles. The molecular weight excluding hydrogens is 282 g/mol. The second-order valence-electron chi connectivity index (χ2n) is 4.85. The Morgan fingerprint density at radius 2 is 2.09 bits per heavy atom. The number of rotatable bonds is 4. The van der Waals surface area contributed by atoms with Crippen molar-refractivity contribution in [2.45, 2.75) is 20.4 Å². The molecule has 112 valence electrons. The number of carbonyl (C=O) groups excluding carboxylic acids is 1. The third-order valence-corrected chi connectivity index (χ3v) is 3.38. The standard InChI is InChI=1S/C15H15N5O2/c1-10-14(19-22-18-10)15(21)17-9-12-5-3-4-6-13(12)20-8-7-16-11(20)2/h3-8H,9H2,1-2H3,(H,17,21). The van der Waals surface area contributed by atoms with E-state index in [1.165, 1.54) is 0 Å². The Labute approximate surface area is 126 Å². The number of carbonyl (C=O) groups is 1. The highest BCUT2D eigenvalue weighted by Gasteiger charge is 2.15. The van der Waals surface area contributed by atoms with Gasteiger partial charge >= 0.3 is 0 Å². The molecule has 0 saturated carbocycles. The molecule has 1 N–H and O–H groups in total. The van der Waals surface area contributed by atoms with Gasteiger partial charge in [0.15, 0.2) is 5.69 Å². The van der Waals surface area contributed by atoms with Crippen LogP contribution in [-0.4, -0.2) is 25.8 Å². The Balaban J connectivity index is 1.81. The Bertz CT molecular complexity index is 806. The van der Waals surface area contributed by atoms with Crippen LogP contribution >= 0.6 is 0 Å². The molecule has 3 rings (SSSR count). The molecule has 22 heavy (non-hydrogen) atoms. The summed E-state index contributed by atoms with van der Waals surface area (Å²) in [5.41, 5.74) is 2.63. The van der Waals surface area contributed by atoms with Crippen molar-refractivity contribution in [3.8, 4) is 5.69 Å². The number of benzene rings is 1. The molecule has 7 nitrogen and oxygen atoms in total. The molecule has 0 bridgehead atoms. The minimum Gasteiger partial charge on any atom is -0.346 e. The van der Waals surface area contributed by atoms with Gasteiger partial charge in [0.25, 0.3) is 5.91 Å². The fourth-order valence-electron chi connectivity index (χ4n) is 2.22. The van der Waals surface area contributed by atoms with Crippen molar-refractivity contribution in [3.63, 3.8) is 0 Å². The van der Waals surface area contributed by atoms with Crippen molar-refractivity contribution in [2.24, 2.45) is 0 Å². The van der Waals surface area contributed by atoms with Crippen LogP contribution in [-0.2, 0) is 6.54 Å². The Hall–Kier alpha value is -2.96. The zero-order chi connectivity index (χ0) is 15.5. The third-order valence-electron chi connectivity index (χ3n) is 3.38. The zero-order valence-electron chi connectivity index (χ0n) is 12.3. The highest BCUT2D eigenvalue weighted by Crippen LogP contribution is 2.16. The predicted octanol–water partition coefficient (Wildman–Crippen LogP) is 1.80. The number of hydrogen-bond donors (Lipinski definition) is 1. The van der Waals surface area contributed by atoms with Crippen LogP contribution in [0.15, 0.2) is 41.3 Å². The summed E-state index contributed by atoms with van der Waals surface area (Å²) in [6, 6.07) is 7.83. The molecule has 2 aromatic heterocycles. The lowest BCUT2D eigenvalue weighted by molar-refractivity contribution is 0.0940. The molecule has 1 aromatic carbocycles. The summed E-state index contributed by atoms with van der Waals surface area (Å²) >= 11 is 0. The van der Waals surface area contributed by atoms with E-state index in [2.05, 4.69) is 25.2 Å². The first-order valence-corrected chi connectivity index (χ1v) is 6.82. The summed E-state index contributed by atoms with van der Waals surface area (Å²) in [6.07, 6.45) is 3.64. The van der Waals surface area contributed by atoms with E-state index < -0.39 is 0 Å². The summed E-state index contributed by atoms with van der Waals surface area (Å²) in [4.78, 5) is 16.3. The lowest BCUT2D eigenvalue weighted by Gasteiger charge is -2.12.